The van der Waals surface area contributed by atoms with E-state index >= 15 is 0 Å². The molecule has 5 heterocycles. The molecular formula is C29H23FN8O. The van der Waals surface area contributed by atoms with Crippen molar-refractivity contribution in [3.05, 3.63) is 108 Å². The third-order valence-electron chi connectivity index (χ3n) is 6.86. The minimum absolute atomic E-state index is 0.247. The highest BCUT2D eigenvalue weighted by Crippen LogP contribution is 2.32. The molecule has 1 unspecified atom stereocenters. The van der Waals surface area contributed by atoms with E-state index in [0.29, 0.717) is 28.4 Å². The number of carbonyl (C=O) groups excluding carboxylic acids is 1. The summed E-state index contributed by atoms with van der Waals surface area (Å²) in [5.74, 6) is -0.161. The molecule has 0 radical (unpaired) electrons. The summed E-state index contributed by atoms with van der Waals surface area (Å²) in [7, 11) is 0. The molecule has 4 aromatic heterocycles. The Morgan fingerprint density at radius 2 is 1.79 bits per heavy atom. The Balaban J connectivity index is 1.20. The molecule has 1 amide bonds. The predicted octanol–water partition coefficient (Wildman–Crippen LogP) is 4.64. The molecule has 6 aromatic rings. The molecular weight excluding hydrogens is 495 g/mol. The van der Waals surface area contributed by atoms with Gasteiger partial charge in [0.1, 0.15) is 22.9 Å². The number of carbonyl (C=O) groups is 1. The van der Waals surface area contributed by atoms with Crippen LogP contribution in [-0.2, 0) is 0 Å². The predicted molar refractivity (Wildman–Crippen MR) is 145 cm³/mol. The molecule has 1 aliphatic heterocycles. The zero-order chi connectivity index (χ0) is 26.3. The number of nitrogens with one attached hydrogen (secondary N) is 3. The van der Waals surface area contributed by atoms with Crippen LogP contribution in [0, 0.1) is 5.82 Å². The number of anilines is 1. The lowest BCUT2D eigenvalue weighted by Gasteiger charge is -2.10. The zero-order valence-electron chi connectivity index (χ0n) is 20.7. The summed E-state index contributed by atoms with van der Waals surface area (Å²) in [5, 5.41) is 7.65. The lowest BCUT2D eigenvalue weighted by Crippen LogP contribution is -2.24. The van der Waals surface area contributed by atoms with Crippen molar-refractivity contribution in [1.82, 2.24) is 34.8 Å². The summed E-state index contributed by atoms with van der Waals surface area (Å²) < 4.78 is 17.2. The quantitative estimate of drug-likeness (QED) is 0.307. The number of amides is 1. The maximum absolute atomic E-state index is 13.6. The number of imidazole rings is 2. The standard InChI is InChI=1S/C29H23FN8O/c30-21-10-8-19(9-11-21)27-28(37-16-2-1-3-25(37)34-27)23-12-13-26-32-24(17-38(26)36-23)33-29(39)20-6-4-18(5-7-20)22-14-15-31-35-22/h1-13,16-17,22,31,35H,14-15H2,(H,33,39). The third-order valence-corrected chi connectivity index (χ3v) is 6.86. The molecule has 192 valence electrons. The minimum atomic E-state index is -0.310. The number of hydrogen-bond acceptors (Lipinski definition) is 6. The van der Waals surface area contributed by atoms with Gasteiger partial charge < -0.3 is 5.32 Å². The fourth-order valence-electron chi connectivity index (χ4n) is 4.91. The number of hydrogen-bond donors (Lipinski definition) is 3. The molecule has 9 nitrogen and oxygen atoms in total. The first-order valence-corrected chi connectivity index (χ1v) is 12.6. The number of benzene rings is 2. The summed E-state index contributed by atoms with van der Waals surface area (Å²) in [5.41, 5.74) is 12.3. The molecule has 7 rings (SSSR count). The molecule has 0 bridgehead atoms. The van der Waals surface area contributed by atoms with E-state index in [1.165, 1.54) is 12.1 Å². The Morgan fingerprint density at radius 1 is 0.949 bits per heavy atom. The Kier molecular flexibility index (Phi) is 5.61. The maximum Gasteiger partial charge on any atom is 0.256 e. The van der Waals surface area contributed by atoms with E-state index in [4.69, 9.17) is 10.1 Å². The van der Waals surface area contributed by atoms with Gasteiger partial charge in [-0.1, -0.05) is 18.2 Å². The van der Waals surface area contributed by atoms with E-state index in [2.05, 4.69) is 21.2 Å². The highest BCUT2D eigenvalue weighted by Gasteiger charge is 2.19. The second-order valence-electron chi connectivity index (χ2n) is 9.38. The molecule has 1 atom stereocenters. The Hall–Kier alpha value is -4.93. The van der Waals surface area contributed by atoms with Crippen molar-refractivity contribution in [1.29, 1.82) is 0 Å². The SMILES string of the molecule is O=C(Nc1cn2nc(-c3c(-c4ccc(F)cc4)nc4ccccn34)ccc2n1)c1ccc(C2CCNN2)cc1. The fourth-order valence-corrected chi connectivity index (χ4v) is 4.91. The zero-order valence-corrected chi connectivity index (χ0v) is 20.7. The van der Waals surface area contributed by atoms with Gasteiger partial charge in [-0.2, -0.15) is 5.10 Å². The number of pyridine rings is 1. The molecule has 0 saturated carbocycles. The molecule has 2 aromatic carbocycles. The maximum atomic E-state index is 13.6. The Labute approximate surface area is 222 Å². The first-order chi connectivity index (χ1) is 19.1. The van der Waals surface area contributed by atoms with Crippen molar-refractivity contribution in [2.45, 2.75) is 12.5 Å². The van der Waals surface area contributed by atoms with Crippen molar-refractivity contribution in [2.75, 3.05) is 11.9 Å². The summed E-state index contributed by atoms with van der Waals surface area (Å²) in [4.78, 5) is 22.2. The average molecular weight is 519 g/mol. The van der Waals surface area contributed by atoms with E-state index in [1.807, 2.05) is 65.2 Å². The van der Waals surface area contributed by atoms with Crippen LogP contribution < -0.4 is 16.2 Å². The molecule has 3 N–H and O–H groups in total. The van der Waals surface area contributed by atoms with Gasteiger partial charge in [0.15, 0.2) is 11.5 Å². The second kappa shape index (κ2) is 9.43. The van der Waals surface area contributed by atoms with Gasteiger partial charge in [0.05, 0.1) is 11.9 Å². The molecule has 0 spiro atoms. The number of aromatic nitrogens is 5. The van der Waals surface area contributed by atoms with Gasteiger partial charge in [0.25, 0.3) is 5.91 Å². The molecule has 1 saturated heterocycles. The smallest absolute Gasteiger partial charge is 0.256 e. The summed E-state index contributed by atoms with van der Waals surface area (Å²) in [6, 6.07) is 23.5. The van der Waals surface area contributed by atoms with Crippen LogP contribution >= 0.6 is 0 Å². The molecule has 1 fully saturated rings. The van der Waals surface area contributed by atoms with E-state index in [1.54, 1.807) is 22.8 Å². The monoisotopic (exact) mass is 518 g/mol. The third kappa shape index (κ3) is 4.31. The van der Waals surface area contributed by atoms with Crippen molar-refractivity contribution < 1.29 is 9.18 Å². The normalized spacial score (nSPS) is 15.3. The second-order valence-corrected chi connectivity index (χ2v) is 9.38. The van der Waals surface area contributed by atoms with Crippen LogP contribution in [0.5, 0.6) is 0 Å². The van der Waals surface area contributed by atoms with E-state index in [9.17, 15) is 9.18 Å². The lowest BCUT2D eigenvalue weighted by molar-refractivity contribution is 0.102. The summed E-state index contributed by atoms with van der Waals surface area (Å²) in [6.45, 7) is 0.918. The van der Waals surface area contributed by atoms with E-state index in [0.717, 1.165) is 35.4 Å². The van der Waals surface area contributed by atoms with E-state index < -0.39 is 0 Å². The van der Waals surface area contributed by atoms with Crippen LogP contribution in [0.2, 0.25) is 0 Å². The lowest BCUT2D eigenvalue weighted by atomic mass is 10.0. The number of halogens is 1. The van der Waals surface area contributed by atoms with Gasteiger partial charge in [-0.05, 0) is 72.6 Å². The van der Waals surface area contributed by atoms with Crippen molar-refractivity contribution in [3.63, 3.8) is 0 Å². The number of rotatable bonds is 5. The summed E-state index contributed by atoms with van der Waals surface area (Å²) in [6.07, 6.45) is 4.60. The van der Waals surface area contributed by atoms with Gasteiger partial charge in [-0.15, -0.1) is 0 Å². The van der Waals surface area contributed by atoms with Gasteiger partial charge in [0.2, 0.25) is 0 Å². The van der Waals surface area contributed by atoms with Crippen LogP contribution in [0.3, 0.4) is 0 Å². The van der Waals surface area contributed by atoms with Crippen LogP contribution in [0.4, 0.5) is 10.2 Å². The van der Waals surface area contributed by atoms with Crippen molar-refractivity contribution in [3.8, 4) is 22.6 Å². The fraction of sp³-hybridized carbons (Fsp3) is 0.103. The molecule has 0 aliphatic carbocycles. The minimum Gasteiger partial charge on any atom is -0.305 e. The first-order valence-electron chi connectivity index (χ1n) is 12.6. The number of fused-ring (bicyclic) bond motifs is 2. The van der Waals surface area contributed by atoms with Crippen LogP contribution in [0.25, 0.3) is 33.9 Å². The molecule has 10 heteroatoms. The van der Waals surface area contributed by atoms with Gasteiger partial charge in [-0.3, -0.25) is 20.0 Å². The number of nitrogens with zero attached hydrogens (tertiary/aromatic N) is 5. The Morgan fingerprint density at radius 3 is 2.59 bits per heavy atom. The van der Waals surface area contributed by atoms with Crippen LogP contribution in [-0.4, -0.2) is 36.4 Å². The first kappa shape index (κ1) is 23.2. The van der Waals surface area contributed by atoms with Gasteiger partial charge in [0, 0.05) is 29.9 Å². The highest BCUT2D eigenvalue weighted by molar-refractivity contribution is 6.03. The largest absolute Gasteiger partial charge is 0.305 e. The number of hydrazine groups is 1. The van der Waals surface area contributed by atoms with Gasteiger partial charge >= 0.3 is 0 Å². The molecule has 39 heavy (non-hydrogen) atoms. The van der Waals surface area contributed by atoms with Crippen molar-refractivity contribution in [2.24, 2.45) is 0 Å². The summed E-state index contributed by atoms with van der Waals surface area (Å²) >= 11 is 0. The van der Waals surface area contributed by atoms with Crippen LogP contribution in [0.15, 0.2) is 91.3 Å². The van der Waals surface area contributed by atoms with Crippen molar-refractivity contribution >= 4 is 23.0 Å². The molecule has 1 aliphatic rings. The highest BCUT2D eigenvalue weighted by atomic mass is 19.1. The Bertz CT molecular complexity index is 1820. The van der Waals surface area contributed by atoms with Gasteiger partial charge in [-0.25, -0.2) is 18.9 Å². The van der Waals surface area contributed by atoms with E-state index in [-0.39, 0.29) is 17.8 Å². The average Bonchev–Trinajstić information content (AvgIpc) is 3.71. The van der Waals surface area contributed by atoms with Crippen LogP contribution in [0.1, 0.15) is 28.4 Å². The topological polar surface area (TPSA) is 101 Å².